The zero-order valence-corrected chi connectivity index (χ0v) is 17.9. The lowest BCUT2D eigenvalue weighted by Crippen LogP contribution is -2.47. The summed E-state index contributed by atoms with van der Waals surface area (Å²) in [6, 6.07) is 8.69. The quantitative estimate of drug-likeness (QED) is 0.765. The molecule has 2 aliphatic rings. The van der Waals surface area contributed by atoms with Gasteiger partial charge in [0.15, 0.2) is 11.5 Å². The van der Waals surface area contributed by atoms with Crippen LogP contribution < -0.4 is 14.8 Å². The van der Waals surface area contributed by atoms with E-state index < -0.39 is 6.03 Å². The molecule has 2 fully saturated rings. The van der Waals surface area contributed by atoms with Crippen molar-refractivity contribution in [3.63, 3.8) is 0 Å². The summed E-state index contributed by atoms with van der Waals surface area (Å²) in [6.07, 6.45) is 8.20. The number of hydrogen-bond acceptors (Lipinski definition) is 6. The number of pyridine rings is 1. The molecule has 0 bridgehead atoms. The van der Waals surface area contributed by atoms with E-state index in [1.807, 2.05) is 24.3 Å². The van der Waals surface area contributed by atoms with E-state index in [1.54, 1.807) is 37.6 Å². The van der Waals surface area contributed by atoms with Gasteiger partial charge in [-0.3, -0.25) is 9.78 Å². The molecule has 1 aromatic carbocycles. The minimum Gasteiger partial charge on any atom is -0.493 e. The molecule has 4 rings (SSSR count). The molecule has 8 nitrogen and oxygen atoms in total. The molecular formula is C23H28N4O4. The molecule has 1 atom stereocenters. The Morgan fingerprint density at radius 3 is 2.74 bits per heavy atom. The maximum absolute atomic E-state index is 12.7. The number of methoxy groups -OCH3 is 1. The van der Waals surface area contributed by atoms with Crippen LogP contribution in [0.2, 0.25) is 0 Å². The number of benzene rings is 1. The summed E-state index contributed by atoms with van der Waals surface area (Å²) in [7, 11) is 3.37. The van der Waals surface area contributed by atoms with Gasteiger partial charge in [0.1, 0.15) is 0 Å². The zero-order valence-electron chi connectivity index (χ0n) is 17.9. The van der Waals surface area contributed by atoms with Crippen LogP contribution in [0.1, 0.15) is 49.3 Å². The van der Waals surface area contributed by atoms with Crippen LogP contribution >= 0.6 is 0 Å². The summed E-state index contributed by atoms with van der Waals surface area (Å²) in [5, 5.41) is 5.64. The second kappa shape index (κ2) is 9.34. The van der Waals surface area contributed by atoms with Gasteiger partial charge in [-0.15, -0.1) is 0 Å². The summed E-state index contributed by atoms with van der Waals surface area (Å²) >= 11 is 0. The van der Waals surface area contributed by atoms with Crippen LogP contribution in [0.15, 0.2) is 42.7 Å². The van der Waals surface area contributed by atoms with Crippen molar-refractivity contribution in [1.29, 1.82) is 0 Å². The van der Waals surface area contributed by atoms with Crippen LogP contribution in [0, 0.1) is 0 Å². The van der Waals surface area contributed by atoms with E-state index in [2.05, 4.69) is 10.3 Å². The number of aromatic nitrogens is 1. The molecule has 164 valence electrons. The number of carbonyl (C=O) groups excluding carboxylic acids is 2. The lowest BCUT2D eigenvalue weighted by Gasteiger charge is -2.27. The van der Waals surface area contributed by atoms with E-state index in [0.717, 1.165) is 24.0 Å². The fourth-order valence-corrected chi connectivity index (χ4v) is 4.22. The van der Waals surface area contributed by atoms with Crippen LogP contribution in [0.4, 0.5) is 4.79 Å². The first-order valence-electron chi connectivity index (χ1n) is 10.6. The minimum atomic E-state index is -0.449. The van der Waals surface area contributed by atoms with Crippen LogP contribution in [0.5, 0.6) is 11.5 Å². The molecule has 1 saturated heterocycles. The first kappa shape index (κ1) is 21.1. The lowest BCUT2D eigenvalue weighted by molar-refractivity contribution is -0.131. The van der Waals surface area contributed by atoms with E-state index >= 15 is 0 Å². The third-order valence-electron chi connectivity index (χ3n) is 5.90. The number of nitrogens with zero attached hydrogens (tertiary/aromatic N) is 3. The third kappa shape index (κ3) is 4.64. The number of imide groups is 1. The van der Waals surface area contributed by atoms with Crippen LogP contribution in [-0.4, -0.2) is 47.2 Å². The van der Waals surface area contributed by atoms with Crippen molar-refractivity contribution in [3.05, 3.63) is 53.9 Å². The van der Waals surface area contributed by atoms with E-state index in [4.69, 9.17) is 9.47 Å². The van der Waals surface area contributed by atoms with Gasteiger partial charge in [-0.1, -0.05) is 12.1 Å². The summed E-state index contributed by atoms with van der Waals surface area (Å²) in [5.41, 5.74) is 1.78. The van der Waals surface area contributed by atoms with Gasteiger partial charge < -0.3 is 14.8 Å². The summed E-state index contributed by atoms with van der Waals surface area (Å²) in [5.74, 6) is 1.12. The fraction of sp³-hybridized carbons (Fsp3) is 0.435. The SMILES string of the molecule is COc1ccc([C@H]2CC(=O)N(C(=O)NCc3cccnc3)N2C)cc1OC1CCCC1. The van der Waals surface area contributed by atoms with E-state index in [1.165, 1.54) is 17.9 Å². The van der Waals surface area contributed by atoms with Crippen molar-refractivity contribution in [3.8, 4) is 11.5 Å². The largest absolute Gasteiger partial charge is 0.493 e. The van der Waals surface area contributed by atoms with E-state index in [-0.39, 0.29) is 24.5 Å². The Labute approximate surface area is 182 Å². The van der Waals surface area contributed by atoms with Crippen molar-refractivity contribution in [2.75, 3.05) is 14.2 Å². The molecule has 1 aliphatic carbocycles. The van der Waals surface area contributed by atoms with E-state index in [0.29, 0.717) is 18.0 Å². The van der Waals surface area contributed by atoms with Gasteiger partial charge in [0.05, 0.1) is 25.7 Å². The number of hydrogen-bond donors (Lipinski definition) is 1. The number of urea groups is 1. The minimum absolute atomic E-state index is 0.196. The molecule has 1 saturated carbocycles. The standard InChI is InChI=1S/C23H28N4O4/c1-26-19(13-22(28)27(26)23(29)25-15-16-6-5-11-24-14-16)17-9-10-20(30-2)21(12-17)31-18-7-3-4-8-18/h5-6,9-12,14,18-19H,3-4,7-8,13,15H2,1-2H3,(H,25,29)/t19-/m1/s1. The molecule has 0 unspecified atom stereocenters. The lowest BCUT2D eigenvalue weighted by atomic mass is 10.0. The molecule has 1 aliphatic heterocycles. The van der Waals surface area contributed by atoms with Crippen LogP contribution in [-0.2, 0) is 11.3 Å². The average Bonchev–Trinajstić information content (AvgIpc) is 3.40. The highest BCUT2D eigenvalue weighted by Gasteiger charge is 2.40. The molecule has 2 heterocycles. The second-order valence-electron chi connectivity index (χ2n) is 7.95. The Morgan fingerprint density at radius 2 is 2.03 bits per heavy atom. The Kier molecular flexibility index (Phi) is 6.36. The predicted molar refractivity (Wildman–Crippen MR) is 114 cm³/mol. The zero-order chi connectivity index (χ0) is 21.8. The van der Waals surface area contributed by atoms with Gasteiger partial charge >= 0.3 is 6.03 Å². The van der Waals surface area contributed by atoms with Crippen molar-refractivity contribution >= 4 is 11.9 Å². The van der Waals surface area contributed by atoms with Gasteiger partial charge in [-0.25, -0.2) is 9.80 Å². The fourth-order valence-electron chi connectivity index (χ4n) is 4.22. The maximum Gasteiger partial charge on any atom is 0.339 e. The smallest absolute Gasteiger partial charge is 0.339 e. The van der Waals surface area contributed by atoms with Gasteiger partial charge in [-0.05, 0) is 55.0 Å². The number of nitrogens with one attached hydrogen (secondary N) is 1. The molecule has 0 radical (unpaired) electrons. The highest BCUT2D eigenvalue weighted by molar-refractivity contribution is 5.95. The molecule has 31 heavy (non-hydrogen) atoms. The monoisotopic (exact) mass is 424 g/mol. The molecule has 8 heteroatoms. The molecule has 1 aromatic heterocycles. The van der Waals surface area contributed by atoms with Crippen molar-refractivity contribution in [2.45, 2.75) is 50.8 Å². The van der Waals surface area contributed by atoms with Crippen molar-refractivity contribution < 1.29 is 19.1 Å². The summed E-state index contributed by atoms with van der Waals surface area (Å²) < 4.78 is 11.7. The number of amides is 3. The first-order valence-corrected chi connectivity index (χ1v) is 10.6. The van der Waals surface area contributed by atoms with Gasteiger partial charge in [0.2, 0.25) is 5.91 Å². The average molecular weight is 425 g/mol. The molecule has 2 aromatic rings. The normalized spacial score (nSPS) is 19.6. The van der Waals surface area contributed by atoms with Crippen molar-refractivity contribution in [1.82, 2.24) is 20.3 Å². The van der Waals surface area contributed by atoms with Gasteiger partial charge in [0, 0.05) is 26.0 Å². The van der Waals surface area contributed by atoms with Crippen LogP contribution in [0.25, 0.3) is 0 Å². The van der Waals surface area contributed by atoms with E-state index in [9.17, 15) is 9.59 Å². The van der Waals surface area contributed by atoms with Crippen LogP contribution in [0.3, 0.4) is 0 Å². The van der Waals surface area contributed by atoms with Crippen molar-refractivity contribution in [2.24, 2.45) is 0 Å². The third-order valence-corrected chi connectivity index (χ3v) is 5.90. The first-order chi connectivity index (χ1) is 15.1. The van der Waals surface area contributed by atoms with Gasteiger partial charge in [0.25, 0.3) is 0 Å². The topological polar surface area (TPSA) is 84.0 Å². The Bertz CT molecular complexity index is 930. The Morgan fingerprint density at radius 1 is 1.23 bits per heavy atom. The number of ether oxygens (including phenoxy) is 2. The molecule has 1 N–H and O–H groups in total. The highest BCUT2D eigenvalue weighted by Crippen LogP contribution is 2.38. The Hall–Kier alpha value is -3.13. The Balaban J connectivity index is 1.47. The number of rotatable bonds is 6. The molecule has 0 spiro atoms. The van der Waals surface area contributed by atoms with Gasteiger partial charge in [-0.2, -0.15) is 5.01 Å². The summed E-state index contributed by atoms with van der Waals surface area (Å²) in [4.78, 5) is 29.4. The highest BCUT2D eigenvalue weighted by atomic mass is 16.5. The summed E-state index contributed by atoms with van der Waals surface area (Å²) in [6.45, 7) is 0.302. The predicted octanol–water partition coefficient (Wildman–Crippen LogP) is 3.44. The molecule has 3 amide bonds. The number of carbonyl (C=O) groups is 2. The number of hydrazine groups is 1. The second-order valence-corrected chi connectivity index (χ2v) is 7.95. The maximum atomic E-state index is 12.7. The molecular weight excluding hydrogens is 396 g/mol.